The van der Waals surface area contributed by atoms with Crippen molar-refractivity contribution in [3.05, 3.63) is 48.4 Å². The van der Waals surface area contributed by atoms with E-state index in [1.54, 1.807) is 12.3 Å². The van der Waals surface area contributed by atoms with Crippen molar-refractivity contribution in [3.63, 3.8) is 0 Å². The molecule has 8 heteroatoms. The van der Waals surface area contributed by atoms with Gasteiger partial charge in [-0.2, -0.15) is 5.10 Å². The lowest BCUT2D eigenvalue weighted by molar-refractivity contribution is 0.0627. The van der Waals surface area contributed by atoms with E-state index < -0.39 is 0 Å². The van der Waals surface area contributed by atoms with Gasteiger partial charge in [0.25, 0.3) is 5.91 Å². The molecule has 0 aliphatic carbocycles. The van der Waals surface area contributed by atoms with E-state index in [9.17, 15) is 4.79 Å². The molecule has 4 rings (SSSR count). The van der Waals surface area contributed by atoms with Crippen molar-refractivity contribution in [2.24, 2.45) is 0 Å². The first-order chi connectivity index (χ1) is 13.2. The Morgan fingerprint density at radius 2 is 2.11 bits per heavy atom. The Labute approximate surface area is 157 Å². The van der Waals surface area contributed by atoms with Gasteiger partial charge in [0.05, 0.1) is 6.26 Å². The summed E-state index contributed by atoms with van der Waals surface area (Å²) in [5.74, 6) is 1.76. The van der Waals surface area contributed by atoms with Gasteiger partial charge in [-0.1, -0.05) is 6.92 Å². The lowest BCUT2D eigenvalue weighted by Crippen LogP contribution is -2.49. The molecule has 1 fully saturated rings. The number of aromatic amines is 1. The van der Waals surface area contributed by atoms with Crippen LogP contribution in [0.4, 0.5) is 0 Å². The summed E-state index contributed by atoms with van der Waals surface area (Å²) in [7, 11) is 0. The second-order valence-electron chi connectivity index (χ2n) is 6.67. The highest BCUT2D eigenvalue weighted by Crippen LogP contribution is 2.19. The number of amides is 1. The standard InChI is InChI=1S/C19H24N6O2/c1-2-18-20-5-6-24(18)10-7-23-8-11-25(12-9-23)19(26)16-14-15(21-22-16)17-4-3-13-27-17/h3-6,13-14H,2,7-12H2,1H3,(H,21,22). The average Bonchev–Trinajstić information content (AvgIpc) is 3.47. The molecule has 0 radical (unpaired) electrons. The molecule has 1 saturated heterocycles. The number of hydrogen-bond acceptors (Lipinski definition) is 5. The maximum absolute atomic E-state index is 12.7. The van der Waals surface area contributed by atoms with Gasteiger partial charge in [-0.05, 0) is 12.1 Å². The van der Waals surface area contributed by atoms with Crippen LogP contribution in [0.5, 0.6) is 0 Å². The van der Waals surface area contributed by atoms with Crippen molar-refractivity contribution >= 4 is 5.91 Å². The van der Waals surface area contributed by atoms with Gasteiger partial charge in [-0.15, -0.1) is 0 Å². The number of carbonyl (C=O) groups excluding carboxylic acids is 1. The van der Waals surface area contributed by atoms with Gasteiger partial charge in [0.2, 0.25) is 0 Å². The van der Waals surface area contributed by atoms with Gasteiger partial charge >= 0.3 is 0 Å². The summed E-state index contributed by atoms with van der Waals surface area (Å²) in [6.07, 6.45) is 6.44. The van der Waals surface area contributed by atoms with Crippen LogP contribution >= 0.6 is 0 Å². The molecule has 0 bridgehead atoms. The Morgan fingerprint density at radius 3 is 2.85 bits per heavy atom. The van der Waals surface area contributed by atoms with Gasteiger partial charge in [-0.25, -0.2) is 4.98 Å². The van der Waals surface area contributed by atoms with Crippen LogP contribution in [-0.2, 0) is 13.0 Å². The first-order valence-corrected chi connectivity index (χ1v) is 9.35. The van der Waals surface area contributed by atoms with Crippen LogP contribution in [-0.4, -0.2) is 68.2 Å². The topological polar surface area (TPSA) is 83.2 Å². The van der Waals surface area contributed by atoms with Crippen LogP contribution < -0.4 is 0 Å². The molecule has 0 saturated carbocycles. The quantitative estimate of drug-likeness (QED) is 0.718. The maximum Gasteiger partial charge on any atom is 0.274 e. The van der Waals surface area contributed by atoms with Gasteiger partial charge in [0.1, 0.15) is 11.5 Å². The number of carbonyl (C=O) groups is 1. The van der Waals surface area contributed by atoms with Crippen LogP contribution in [0, 0.1) is 0 Å². The summed E-state index contributed by atoms with van der Waals surface area (Å²) in [6, 6.07) is 5.40. The second kappa shape index (κ2) is 7.79. The third-order valence-corrected chi connectivity index (χ3v) is 5.02. The zero-order valence-electron chi connectivity index (χ0n) is 15.5. The number of nitrogens with one attached hydrogen (secondary N) is 1. The summed E-state index contributed by atoms with van der Waals surface area (Å²) >= 11 is 0. The number of piperazine rings is 1. The number of hydrogen-bond donors (Lipinski definition) is 1. The number of aromatic nitrogens is 4. The first-order valence-electron chi connectivity index (χ1n) is 9.35. The summed E-state index contributed by atoms with van der Waals surface area (Å²) < 4.78 is 7.54. The molecule has 27 heavy (non-hydrogen) atoms. The van der Waals surface area contributed by atoms with E-state index >= 15 is 0 Å². The van der Waals surface area contributed by atoms with Crippen molar-refractivity contribution in [3.8, 4) is 11.5 Å². The minimum absolute atomic E-state index is 0.0356. The van der Waals surface area contributed by atoms with Crippen LogP contribution in [0.3, 0.4) is 0 Å². The van der Waals surface area contributed by atoms with Gasteiger partial charge < -0.3 is 13.9 Å². The second-order valence-corrected chi connectivity index (χ2v) is 6.67. The molecule has 4 heterocycles. The third kappa shape index (κ3) is 3.80. The monoisotopic (exact) mass is 368 g/mol. The Bertz CT molecular complexity index is 874. The zero-order valence-corrected chi connectivity index (χ0v) is 15.5. The van der Waals surface area contributed by atoms with Crippen molar-refractivity contribution in [1.82, 2.24) is 29.5 Å². The number of H-pyrrole nitrogens is 1. The zero-order chi connectivity index (χ0) is 18.6. The molecule has 142 valence electrons. The van der Waals surface area contributed by atoms with Crippen molar-refractivity contribution in [2.45, 2.75) is 19.9 Å². The minimum Gasteiger partial charge on any atom is -0.463 e. The highest BCUT2D eigenvalue weighted by atomic mass is 16.3. The molecule has 0 aromatic carbocycles. The molecular formula is C19H24N6O2. The SMILES string of the molecule is CCc1nccn1CCN1CCN(C(=O)c2cc(-c3ccco3)[nH]n2)CC1. The molecule has 1 N–H and O–H groups in total. The predicted molar refractivity (Wildman–Crippen MR) is 100 cm³/mol. The van der Waals surface area contributed by atoms with Crippen LogP contribution in [0.1, 0.15) is 23.2 Å². The van der Waals surface area contributed by atoms with Crippen molar-refractivity contribution < 1.29 is 9.21 Å². The smallest absolute Gasteiger partial charge is 0.274 e. The summed E-state index contributed by atoms with van der Waals surface area (Å²) in [5, 5.41) is 7.03. The molecule has 1 aliphatic rings. The average molecular weight is 368 g/mol. The highest BCUT2D eigenvalue weighted by molar-refractivity contribution is 5.93. The number of nitrogens with zero attached hydrogens (tertiary/aromatic N) is 5. The fraction of sp³-hybridized carbons (Fsp3) is 0.421. The van der Waals surface area contributed by atoms with E-state index in [0.29, 0.717) is 30.2 Å². The number of imidazole rings is 1. The molecule has 1 amide bonds. The summed E-state index contributed by atoms with van der Waals surface area (Å²) in [4.78, 5) is 21.3. The molecule has 3 aromatic heterocycles. The normalized spacial score (nSPS) is 15.4. The van der Waals surface area contributed by atoms with Gasteiger partial charge in [-0.3, -0.25) is 14.8 Å². The Hall–Kier alpha value is -2.87. The van der Waals surface area contributed by atoms with Crippen LogP contribution in [0.25, 0.3) is 11.5 Å². The van der Waals surface area contributed by atoms with E-state index in [1.807, 2.05) is 29.4 Å². The molecular weight excluding hydrogens is 344 g/mol. The minimum atomic E-state index is -0.0356. The Balaban J connectivity index is 1.29. The molecule has 0 spiro atoms. The van der Waals surface area contributed by atoms with Crippen LogP contribution in [0.15, 0.2) is 41.3 Å². The first kappa shape index (κ1) is 17.5. The van der Waals surface area contributed by atoms with Crippen molar-refractivity contribution in [2.75, 3.05) is 32.7 Å². The van der Waals surface area contributed by atoms with E-state index in [2.05, 4.69) is 31.6 Å². The largest absolute Gasteiger partial charge is 0.463 e. The molecule has 0 atom stereocenters. The lowest BCUT2D eigenvalue weighted by Gasteiger charge is -2.34. The Morgan fingerprint density at radius 1 is 1.26 bits per heavy atom. The molecule has 3 aromatic rings. The maximum atomic E-state index is 12.7. The van der Waals surface area contributed by atoms with Crippen LogP contribution in [0.2, 0.25) is 0 Å². The fourth-order valence-corrected chi connectivity index (χ4v) is 3.43. The Kier molecular flexibility index (Phi) is 5.06. The molecule has 8 nitrogen and oxygen atoms in total. The summed E-state index contributed by atoms with van der Waals surface area (Å²) in [5.41, 5.74) is 1.15. The van der Waals surface area contributed by atoms with E-state index in [4.69, 9.17) is 4.42 Å². The van der Waals surface area contributed by atoms with E-state index in [0.717, 1.165) is 38.4 Å². The third-order valence-electron chi connectivity index (χ3n) is 5.02. The highest BCUT2D eigenvalue weighted by Gasteiger charge is 2.24. The fourth-order valence-electron chi connectivity index (χ4n) is 3.43. The molecule has 1 aliphatic heterocycles. The number of aryl methyl sites for hydroxylation is 1. The van der Waals surface area contributed by atoms with E-state index in [1.165, 1.54) is 0 Å². The van der Waals surface area contributed by atoms with E-state index in [-0.39, 0.29) is 5.91 Å². The van der Waals surface area contributed by atoms with Crippen molar-refractivity contribution in [1.29, 1.82) is 0 Å². The number of furan rings is 1. The predicted octanol–water partition coefficient (Wildman–Crippen LogP) is 1.89. The number of rotatable bonds is 6. The molecule has 0 unspecified atom stereocenters. The lowest BCUT2D eigenvalue weighted by atomic mass is 10.2. The van der Waals surface area contributed by atoms with Gasteiger partial charge in [0, 0.05) is 64.1 Å². The summed E-state index contributed by atoms with van der Waals surface area (Å²) in [6.45, 7) is 7.20. The van der Waals surface area contributed by atoms with Gasteiger partial charge in [0.15, 0.2) is 11.5 Å².